The van der Waals surface area contributed by atoms with Gasteiger partial charge in [-0.25, -0.2) is 4.39 Å². The van der Waals surface area contributed by atoms with Crippen molar-refractivity contribution >= 4 is 5.78 Å². The third-order valence-corrected chi connectivity index (χ3v) is 4.76. The van der Waals surface area contributed by atoms with Crippen molar-refractivity contribution in [3.63, 3.8) is 0 Å². The van der Waals surface area contributed by atoms with Crippen LogP contribution in [0.4, 0.5) is 4.39 Å². The van der Waals surface area contributed by atoms with Crippen LogP contribution < -0.4 is 4.74 Å². The van der Waals surface area contributed by atoms with E-state index in [2.05, 4.69) is 20.8 Å². The van der Waals surface area contributed by atoms with Crippen LogP contribution in [0.1, 0.15) is 56.8 Å². The summed E-state index contributed by atoms with van der Waals surface area (Å²) in [7, 11) is 1.49. The molecule has 0 aromatic heterocycles. The third-order valence-electron chi connectivity index (χ3n) is 4.76. The number of hydrogen-bond donors (Lipinski definition) is 0. The highest BCUT2D eigenvalue weighted by atomic mass is 19.1. The highest BCUT2D eigenvalue weighted by molar-refractivity contribution is 5.98. The van der Waals surface area contributed by atoms with E-state index in [-0.39, 0.29) is 17.3 Å². The van der Waals surface area contributed by atoms with Crippen LogP contribution in [0.2, 0.25) is 0 Å². The van der Waals surface area contributed by atoms with Gasteiger partial charge in [-0.1, -0.05) is 20.8 Å². The maximum absolute atomic E-state index is 14.0. The van der Waals surface area contributed by atoms with Crippen molar-refractivity contribution in [2.24, 2.45) is 17.3 Å². The van der Waals surface area contributed by atoms with Gasteiger partial charge in [-0.2, -0.15) is 0 Å². The first kappa shape index (κ1) is 16.0. The Morgan fingerprint density at radius 2 is 1.81 bits per heavy atom. The van der Waals surface area contributed by atoms with Gasteiger partial charge in [0, 0.05) is 12.0 Å². The lowest BCUT2D eigenvalue weighted by Gasteiger charge is -2.36. The normalized spacial score (nSPS) is 22.9. The smallest absolute Gasteiger partial charge is 0.168 e. The minimum Gasteiger partial charge on any atom is -0.497 e. The van der Waals surface area contributed by atoms with Gasteiger partial charge in [-0.3, -0.25) is 4.79 Å². The Morgan fingerprint density at radius 3 is 2.29 bits per heavy atom. The highest BCUT2D eigenvalue weighted by Crippen LogP contribution is 2.40. The SMILES string of the molecule is COc1ccc(C(=O)C2CCC(C(C)(C)C)CC2)c(F)c1. The molecule has 0 bridgehead atoms. The Morgan fingerprint density at radius 1 is 1.19 bits per heavy atom. The van der Waals surface area contributed by atoms with Gasteiger partial charge in [0.2, 0.25) is 0 Å². The van der Waals surface area contributed by atoms with E-state index in [0.717, 1.165) is 25.7 Å². The monoisotopic (exact) mass is 292 g/mol. The standard InChI is InChI=1S/C18H25FO2/c1-18(2,3)13-7-5-12(6-8-13)17(20)15-10-9-14(21-4)11-16(15)19/h9-13H,5-8H2,1-4H3. The van der Waals surface area contributed by atoms with Crippen LogP contribution in [0.5, 0.6) is 5.75 Å². The summed E-state index contributed by atoms with van der Waals surface area (Å²) in [5.41, 5.74) is 0.495. The Bertz CT molecular complexity index is 508. The van der Waals surface area contributed by atoms with Crippen LogP contribution in [-0.2, 0) is 0 Å². The lowest BCUT2D eigenvalue weighted by atomic mass is 9.69. The summed E-state index contributed by atoms with van der Waals surface area (Å²) in [6, 6.07) is 4.48. The summed E-state index contributed by atoms with van der Waals surface area (Å²) < 4.78 is 19.0. The molecule has 1 fully saturated rings. The molecule has 3 heteroatoms. The molecule has 0 spiro atoms. The Kier molecular flexibility index (Phi) is 4.70. The second-order valence-corrected chi connectivity index (χ2v) is 7.12. The predicted molar refractivity (Wildman–Crippen MR) is 82.2 cm³/mol. The average molecular weight is 292 g/mol. The molecule has 0 saturated heterocycles. The molecule has 116 valence electrons. The number of benzene rings is 1. The fourth-order valence-electron chi connectivity index (χ4n) is 3.26. The second kappa shape index (κ2) is 6.17. The molecular weight excluding hydrogens is 267 g/mol. The molecule has 0 amide bonds. The fraction of sp³-hybridized carbons (Fsp3) is 0.611. The number of carbonyl (C=O) groups excluding carboxylic acids is 1. The minimum atomic E-state index is -0.475. The maximum Gasteiger partial charge on any atom is 0.168 e. The molecule has 2 rings (SSSR count). The number of carbonyl (C=O) groups is 1. The molecule has 1 aromatic carbocycles. The molecule has 2 nitrogen and oxygen atoms in total. The average Bonchev–Trinajstić information content (AvgIpc) is 2.45. The molecular formula is C18H25FO2. The quantitative estimate of drug-likeness (QED) is 0.743. The number of methoxy groups -OCH3 is 1. The van der Waals surface area contributed by atoms with E-state index >= 15 is 0 Å². The summed E-state index contributed by atoms with van der Waals surface area (Å²) in [6.45, 7) is 6.76. The Labute approximate surface area is 126 Å². The number of Topliss-reactive ketones (excluding diaryl/α,β-unsaturated/α-hetero) is 1. The molecule has 0 unspecified atom stereocenters. The van der Waals surface area contributed by atoms with E-state index in [4.69, 9.17) is 4.74 Å². The zero-order valence-corrected chi connectivity index (χ0v) is 13.4. The van der Waals surface area contributed by atoms with E-state index < -0.39 is 5.82 Å². The van der Waals surface area contributed by atoms with Gasteiger partial charge >= 0.3 is 0 Å². The van der Waals surface area contributed by atoms with Crippen LogP contribution in [0.3, 0.4) is 0 Å². The van der Waals surface area contributed by atoms with Crippen LogP contribution in [0.15, 0.2) is 18.2 Å². The van der Waals surface area contributed by atoms with Gasteiger partial charge in [-0.05, 0) is 49.1 Å². The van der Waals surface area contributed by atoms with Gasteiger partial charge in [0.25, 0.3) is 0 Å². The van der Waals surface area contributed by atoms with E-state index in [1.54, 1.807) is 12.1 Å². The number of rotatable bonds is 3. The first-order valence-electron chi connectivity index (χ1n) is 7.70. The summed E-state index contributed by atoms with van der Waals surface area (Å²) in [5.74, 6) is 0.536. The topological polar surface area (TPSA) is 26.3 Å². The van der Waals surface area contributed by atoms with E-state index in [9.17, 15) is 9.18 Å². The van der Waals surface area contributed by atoms with Crippen LogP contribution in [0.25, 0.3) is 0 Å². The number of ether oxygens (including phenoxy) is 1. The van der Waals surface area contributed by atoms with Gasteiger partial charge in [0.05, 0.1) is 12.7 Å². The molecule has 0 aliphatic heterocycles. The van der Waals surface area contributed by atoms with E-state index in [0.29, 0.717) is 17.1 Å². The predicted octanol–water partition coefficient (Wildman–Crippen LogP) is 4.87. The van der Waals surface area contributed by atoms with Crippen molar-refractivity contribution in [3.05, 3.63) is 29.6 Å². The zero-order chi connectivity index (χ0) is 15.6. The first-order chi connectivity index (χ1) is 9.82. The molecule has 1 aliphatic carbocycles. The second-order valence-electron chi connectivity index (χ2n) is 7.12. The van der Waals surface area contributed by atoms with Gasteiger partial charge < -0.3 is 4.74 Å². The van der Waals surface area contributed by atoms with Gasteiger partial charge in [-0.15, -0.1) is 0 Å². The van der Waals surface area contributed by atoms with Crippen LogP contribution >= 0.6 is 0 Å². The largest absolute Gasteiger partial charge is 0.497 e. The van der Waals surface area contributed by atoms with Crippen molar-refractivity contribution in [1.82, 2.24) is 0 Å². The lowest BCUT2D eigenvalue weighted by Crippen LogP contribution is -2.29. The molecule has 1 aliphatic rings. The summed E-state index contributed by atoms with van der Waals surface area (Å²) >= 11 is 0. The summed E-state index contributed by atoms with van der Waals surface area (Å²) in [6.07, 6.45) is 3.84. The minimum absolute atomic E-state index is 0.0357. The zero-order valence-electron chi connectivity index (χ0n) is 13.4. The highest BCUT2D eigenvalue weighted by Gasteiger charge is 2.33. The maximum atomic E-state index is 14.0. The number of hydrogen-bond acceptors (Lipinski definition) is 2. The molecule has 0 heterocycles. The van der Waals surface area contributed by atoms with Crippen LogP contribution in [-0.4, -0.2) is 12.9 Å². The fourth-order valence-corrected chi connectivity index (χ4v) is 3.26. The molecule has 21 heavy (non-hydrogen) atoms. The van der Waals surface area contributed by atoms with Crippen LogP contribution in [0, 0.1) is 23.1 Å². The van der Waals surface area contributed by atoms with E-state index in [1.165, 1.54) is 13.2 Å². The summed E-state index contributed by atoms with van der Waals surface area (Å²) in [4.78, 5) is 12.5. The third kappa shape index (κ3) is 3.63. The van der Waals surface area contributed by atoms with Crippen molar-refractivity contribution in [1.29, 1.82) is 0 Å². The summed E-state index contributed by atoms with van der Waals surface area (Å²) in [5, 5.41) is 0. The number of halogens is 1. The molecule has 0 atom stereocenters. The van der Waals surface area contributed by atoms with Gasteiger partial charge in [0.1, 0.15) is 11.6 Å². The van der Waals surface area contributed by atoms with Crippen molar-refractivity contribution < 1.29 is 13.9 Å². The van der Waals surface area contributed by atoms with Crippen molar-refractivity contribution in [2.45, 2.75) is 46.5 Å². The van der Waals surface area contributed by atoms with Gasteiger partial charge in [0.15, 0.2) is 5.78 Å². The first-order valence-corrected chi connectivity index (χ1v) is 7.70. The Balaban J connectivity index is 2.05. The molecule has 1 aromatic rings. The van der Waals surface area contributed by atoms with Crippen molar-refractivity contribution in [2.75, 3.05) is 7.11 Å². The number of ketones is 1. The van der Waals surface area contributed by atoms with Crippen molar-refractivity contribution in [3.8, 4) is 5.75 Å². The Hall–Kier alpha value is -1.38. The van der Waals surface area contributed by atoms with E-state index in [1.807, 2.05) is 0 Å². The lowest BCUT2D eigenvalue weighted by molar-refractivity contribution is 0.0815. The molecule has 0 N–H and O–H groups in total. The molecule has 1 saturated carbocycles. The molecule has 0 radical (unpaired) electrons.